The zero-order valence-electron chi connectivity index (χ0n) is 9.27. The van der Waals surface area contributed by atoms with E-state index in [0.29, 0.717) is 0 Å². The number of amides is 1. The standard InChI is InChI=1S/C10H18FNO3/c1-10(2,3)8-7(11)6(13)4-5-12(8)9(14)15/h6-8,13H,4-5H2,1-3H3,(H,14,15)/t6-,7-,8?/m0/s1. The summed E-state index contributed by atoms with van der Waals surface area (Å²) < 4.78 is 13.8. The Labute approximate surface area is 88.7 Å². The second-order valence-corrected chi connectivity index (χ2v) is 5.09. The van der Waals surface area contributed by atoms with Gasteiger partial charge in [0, 0.05) is 6.54 Å². The van der Waals surface area contributed by atoms with Gasteiger partial charge in [0.1, 0.15) is 6.17 Å². The first-order valence-electron chi connectivity index (χ1n) is 5.07. The Morgan fingerprint density at radius 2 is 2.00 bits per heavy atom. The van der Waals surface area contributed by atoms with Crippen LogP contribution in [-0.4, -0.2) is 46.1 Å². The van der Waals surface area contributed by atoms with E-state index in [1.807, 2.05) is 0 Å². The number of nitrogens with zero attached hydrogens (tertiary/aromatic N) is 1. The van der Waals surface area contributed by atoms with Crippen LogP contribution in [-0.2, 0) is 0 Å². The minimum Gasteiger partial charge on any atom is -0.465 e. The van der Waals surface area contributed by atoms with Crippen molar-refractivity contribution < 1.29 is 19.4 Å². The summed E-state index contributed by atoms with van der Waals surface area (Å²) in [4.78, 5) is 12.0. The molecule has 0 bridgehead atoms. The molecule has 88 valence electrons. The van der Waals surface area contributed by atoms with Crippen LogP contribution in [0.25, 0.3) is 0 Å². The summed E-state index contributed by atoms with van der Waals surface area (Å²) in [6.07, 6.45) is -3.51. The van der Waals surface area contributed by atoms with Crippen LogP contribution < -0.4 is 0 Å². The molecular formula is C10H18FNO3. The largest absolute Gasteiger partial charge is 0.465 e. The van der Waals surface area contributed by atoms with Crippen LogP contribution in [0.4, 0.5) is 9.18 Å². The predicted octanol–water partition coefficient (Wildman–Crippen LogP) is 1.48. The number of alkyl halides is 1. The summed E-state index contributed by atoms with van der Waals surface area (Å²) in [6.45, 7) is 5.52. The number of carbonyl (C=O) groups is 1. The predicted molar refractivity (Wildman–Crippen MR) is 53.5 cm³/mol. The van der Waals surface area contributed by atoms with Gasteiger partial charge in [0.05, 0.1) is 12.1 Å². The fraction of sp³-hybridized carbons (Fsp3) is 0.900. The highest BCUT2D eigenvalue weighted by Gasteiger charge is 2.45. The summed E-state index contributed by atoms with van der Waals surface area (Å²) in [7, 11) is 0. The lowest BCUT2D eigenvalue weighted by molar-refractivity contribution is -0.0609. The van der Waals surface area contributed by atoms with Crippen LogP contribution in [0.15, 0.2) is 0 Å². The second kappa shape index (κ2) is 3.96. The molecule has 15 heavy (non-hydrogen) atoms. The Morgan fingerprint density at radius 1 is 1.47 bits per heavy atom. The van der Waals surface area contributed by atoms with Gasteiger partial charge in [-0.25, -0.2) is 9.18 Å². The van der Waals surface area contributed by atoms with Gasteiger partial charge in [-0.05, 0) is 11.8 Å². The third kappa shape index (κ3) is 2.40. The van der Waals surface area contributed by atoms with Crippen molar-refractivity contribution in [2.45, 2.75) is 45.5 Å². The summed E-state index contributed by atoms with van der Waals surface area (Å²) >= 11 is 0. The van der Waals surface area contributed by atoms with Crippen molar-refractivity contribution in [3.05, 3.63) is 0 Å². The lowest BCUT2D eigenvalue weighted by atomic mass is 9.79. The Morgan fingerprint density at radius 3 is 2.40 bits per heavy atom. The molecule has 0 aliphatic carbocycles. The molecule has 1 rings (SSSR count). The molecule has 1 fully saturated rings. The molecule has 1 unspecified atom stereocenters. The Balaban J connectivity index is 2.95. The Bertz CT molecular complexity index is 252. The van der Waals surface area contributed by atoms with Crippen molar-refractivity contribution in [3.63, 3.8) is 0 Å². The molecule has 0 radical (unpaired) electrons. The first kappa shape index (κ1) is 12.2. The molecule has 4 nitrogen and oxygen atoms in total. The number of rotatable bonds is 0. The number of likely N-dealkylation sites (tertiary alicyclic amines) is 1. The molecule has 1 amide bonds. The van der Waals surface area contributed by atoms with E-state index in [1.54, 1.807) is 20.8 Å². The molecule has 1 aliphatic heterocycles. The van der Waals surface area contributed by atoms with Crippen molar-refractivity contribution in [2.75, 3.05) is 6.54 Å². The summed E-state index contributed by atoms with van der Waals surface area (Å²) in [5, 5.41) is 18.4. The molecule has 2 N–H and O–H groups in total. The molecule has 0 aromatic heterocycles. The van der Waals surface area contributed by atoms with Gasteiger partial charge in [-0.1, -0.05) is 20.8 Å². The van der Waals surface area contributed by atoms with E-state index in [2.05, 4.69) is 0 Å². The van der Waals surface area contributed by atoms with Gasteiger partial charge in [0.15, 0.2) is 0 Å². The number of carboxylic acid groups (broad SMARTS) is 1. The number of piperidine rings is 1. The van der Waals surface area contributed by atoms with Gasteiger partial charge in [-0.15, -0.1) is 0 Å². The second-order valence-electron chi connectivity index (χ2n) is 5.09. The smallest absolute Gasteiger partial charge is 0.407 e. The third-order valence-corrected chi connectivity index (χ3v) is 2.80. The molecule has 3 atom stereocenters. The summed E-state index contributed by atoms with van der Waals surface area (Å²) in [6, 6.07) is -0.779. The van der Waals surface area contributed by atoms with Crippen molar-refractivity contribution in [3.8, 4) is 0 Å². The van der Waals surface area contributed by atoms with Crippen molar-refractivity contribution in [1.82, 2.24) is 4.90 Å². The average molecular weight is 219 g/mol. The maximum absolute atomic E-state index is 13.8. The van der Waals surface area contributed by atoms with Gasteiger partial charge in [-0.3, -0.25) is 0 Å². The molecule has 0 aromatic carbocycles. The normalized spacial score (nSPS) is 32.9. The number of aliphatic hydroxyl groups is 1. The van der Waals surface area contributed by atoms with Crippen molar-refractivity contribution >= 4 is 6.09 Å². The van der Waals surface area contributed by atoms with Crippen LogP contribution in [0.5, 0.6) is 0 Å². The first-order chi connectivity index (χ1) is 6.75. The maximum Gasteiger partial charge on any atom is 0.407 e. The van der Waals surface area contributed by atoms with Gasteiger partial charge >= 0.3 is 6.09 Å². The SMILES string of the molecule is CC(C)(C)C1[C@@H](F)[C@@H](O)CCN1C(=O)O. The van der Waals surface area contributed by atoms with E-state index in [0.717, 1.165) is 4.90 Å². The van der Waals surface area contributed by atoms with Crippen LogP contribution in [0.1, 0.15) is 27.2 Å². The van der Waals surface area contributed by atoms with Crippen LogP contribution in [0, 0.1) is 5.41 Å². The van der Waals surface area contributed by atoms with E-state index >= 15 is 0 Å². The number of halogens is 1. The molecular weight excluding hydrogens is 201 g/mol. The van der Waals surface area contributed by atoms with Gasteiger partial charge < -0.3 is 15.1 Å². The summed E-state index contributed by atoms with van der Waals surface area (Å²) in [5.74, 6) is 0. The molecule has 0 spiro atoms. The fourth-order valence-electron chi connectivity index (χ4n) is 2.11. The van der Waals surface area contributed by atoms with Gasteiger partial charge in [0.2, 0.25) is 0 Å². The minimum absolute atomic E-state index is 0.167. The highest BCUT2D eigenvalue weighted by molar-refractivity contribution is 5.66. The molecule has 1 aliphatic rings. The van der Waals surface area contributed by atoms with E-state index in [1.165, 1.54) is 0 Å². The Hall–Kier alpha value is -0.840. The average Bonchev–Trinajstić information content (AvgIpc) is 2.06. The fourth-order valence-corrected chi connectivity index (χ4v) is 2.11. The topological polar surface area (TPSA) is 60.8 Å². The highest BCUT2D eigenvalue weighted by atomic mass is 19.1. The molecule has 1 heterocycles. The van der Waals surface area contributed by atoms with E-state index in [4.69, 9.17) is 5.11 Å². The summed E-state index contributed by atoms with van der Waals surface area (Å²) in [5.41, 5.74) is -0.515. The first-order valence-corrected chi connectivity index (χ1v) is 5.07. The maximum atomic E-state index is 13.8. The quantitative estimate of drug-likeness (QED) is 0.648. The molecule has 0 aromatic rings. The lowest BCUT2D eigenvalue weighted by Crippen LogP contribution is -2.59. The monoisotopic (exact) mass is 219 g/mol. The van der Waals surface area contributed by atoms with Crippen molar-refractivity contribution in [1.29, 1.82) is 0 Å². The van der Waals surface area contributed by atoms with E-state index < -0.39 is 29.8 Å². The number of hydrogen-bond acceptors (Lipinski definition) is 2. The van der Waals surface area contributed by atoms with E-state index in [9.17, 15) is 14.3 Å². The van der Waals surface area contributed by atoms with Crippen LogP contribution in [0.3, 0.4) is 0 Å². The Kier molecular flexibility index (Phi) is 3.23. The lowest BCUT2D eigenvalue weighted by Gasteiger charge is -2.45. The molecule has 1 saturated heterocycles. The van der Waals surface area contributed by atoms with Gasteiger partial charge in [-0.2, -0.15) is 0 Å². The number of aliphatic hydroxyl groups excluding tert-OH is 1. The number of hydrogen-bond donors (Lipinski definition) is 2. The zero-order valence-corrected chi connectivity index (χ0v) is 9.27. The third-order valence-electron chi connectivity index (χ3n) is 2.80. The molecule has 5 heteroatoms. The minimum atomic E-state index is -1.50. The van der Waals surface area contributed by atoms with Crippen LogP contribution >= 0.6 is 0 Å². The van der Waals surface area contributed by atoms with Gasteiger partial charge in [0.25, 0.3) is 0 Å². The van der Waals surface area contributed by atoms with E-state index in [-0.39, 0.29) is 13.0 Å². The highest BCUT2D eigenvalue weighted by Crippen LogP contribution is 2.33. The van der Waals surface area contributed by atoms with Crippen LogP contribution in [0.2, 0.25) is 0 Å². The molecule has 0 saturated carbocycles. The zero-order chi connectivity index (χ0) is 11.8. The van der Waals surface area contributed by atoms with Crippen molar-refractivity contribution in [2.24, 2.45) is 5.41 Å².